The van der Waals surface area contributed by atoms with E-state index in [1.807, 2.05) is 0 Å². The van der Waals surface area contributed by atoms with Crippen molar-refractivity contribution < 1.29 is 9.53 Å². The summed E-state index contributed by atoms with van der Waals surface area (Å²) < 4.78 is 4.71. The maximum Gasteiger partial charge on any atom is 0.405 e. The van der Waals surface area contributed by atoms with Crippen LogP contribution in [0.15, 0.2) is 0 Å². The summed E-state index contributed by atoms with van der Waals surface area (Å²) in [6.45, 7) is 0. The van der Waals surface area contributed by atoms with Gasteiger partial charge < -0.3 is 10.5 Å². The molecule has 1 atom stereocenters. The normalized spacial score (nSPS) is 26.0. The van der Waals surface area contributed by atoms with Crippen molar-refractivity contribution in [3.8, 4) is 0 Å². The van der Waals surface area contributed by atoms with Crippen LogP contribution < -0.4 is 5.73 Å². The summed E-state index contributed by atoms with van der Waals surface area (Å²) in [5, 5.41) is 0. The third kappa shape index (κ3) is 2.13. The summed E-state index contributed by atoms with van der Waals surface area (Å²) in [6.07, 6.45) is 1.42. The number of carbonyl (C=O) groups is 1. The van der Waals surface area contributed by atoms with E-state index in [1.54, 1.807) is 11.8 Å². The Kier molecular flexibility index (Phi) is 2.22. The summed E-state index contributed by atoms with van der Waals surface area (Å²) in [5.41, 5.74) is 4.83. The molecule has 1 unspecified atom stereocenters. The summed E-state index contributed by atoms with van der Waals surface area (Å²) >= 11 is 1.65. The molecule has 1 rings (SSSR count). The molecule has 1 amide bonds. The molecule has 1 fully saturated rings. The molecular weight excluding hydrogens is 138 g/mol. The molecule has 9 heavy (non-hydrogen) atoms. The molecule has 52 valence electrons. The largest absolute Gasteiger partial charge is 0.435 e. The van der Waals surface area contributed by atoms with Crippen molar-refractivity contribution in [2.24, 2.45) is 5.73 Å². The molecular formula is C5H9NO2S. The SMILES string of the molecule is NC(=O)OC1CCCS1. The Hall–Kier alpha value is -0.380. The van der Waals surface area contributed by atoms with Crippen LogP contribution in [-0.4, -0.2) is 17.3 Å². The fourth-order valence-electron chi connectivity index (χ4n) is 0.771. The molecule has 0 saturated carbocycles. The minimum absolute atomic E-state index is 0.0301. The highest BCUT2D eigenvalue weighted by molar-refractivity contribution is 8.00. The molecule has 3 nitrogen and oxygen atoms in total. The molecule has 4 heteroatoms. The lowest BCUT2D eigenvalue weighted by Crippen LogP contribution is -2.18. The first-order valence-corrected chi connectivity index (χ1v) is 3.91. The molecule has 0 aromatic heterocycles. The molecule has 2 N–H and O–H groups in total. The molecule has 0 aromatic carbocycles. The lowest BCUT2D eigenvalue weighted by molar-refractivity contribution is 0.144. The third-order valence-corrected chi connectivity index (χ3v) is 2.36. The minimum atomic E-state index is -0.658. The molecule has 1 aliphatic heterocycles. The number of primary amides is 1. The van der Waals surface area contributed by atoms with Crippen LogP contribution in [0.25, 0.3) is 0 Å². The Balaban J connectivity index is 2.19. The quantitative estimate of drug-likeness (QED) is 0.600. The Labute approximate surface area is 57.9 Å². The van der Waals surface area contributed by atoms with E-state index >= 15 is 0 Å². The van der Waals surface area contributed by atoms with Crippen molar-refractivity contribution in [1.29, 1.82) is 0 Å². The average Bonchev–Trinajstić information content (AvgIpc) is 2.15. The van der Waals surface area contributed by atoms with E-state index in [4.69, 9.17) is 10.5 Å². The second kappa shape index (κ2) is 2.96. The zero-order valence-corrected chi connectivity index (χ0v) is 5.82. The van der Waals surface area contributed by atoms with Gasteiger partial charge in [-0.05, 0) is 18.6 Å². The lowest BCUT2D eigenvalue weighted by atomic mass is 10.4. The van der Waals surface area contributed by atoms with Crippen LogP contribution in [0.1, 0.15) is 12.8 Å². The predicted octanol–water partition coefficient (Wildman–Crippen LogP) is 0.935. The number of rotatable bonds is 1. The predicted molar refractivity (Wildman–Crippen MR) is 36.1 cm³/mol. The van der Waals surface area contributed by atoms with E-state index in [0.29, 0.717) is 0 Å². The number of thioether (sulfide) groups is 1. The number of ether oxygens (including phenoxy) is 1. The maximum absolute atomic E-state index is 10.1. The van der Waals surface area contributed by atoms with Gasteiger partial charge in [-0.3, -0.25) is 0 Å². The number of amides is 1. The van der Waals surface area contributed by atoms with E-state index in [9.17, 15) is 4.79 Å². The van der Waals surface area contributed by atoms with E-state index in [-0.39, 0.29) is 5.44 Å². The summed E-state index contributed by atoms with van der Waals surface area (Å²) in [5.74, 6) is 1.08. The standard InChI is InChI=1S/C5H9NO2S/c6-5(7)8-4-2-1-3-9-4/h4H,1-3H2,(H2,6,7). The Bertz CT molecular complexity index is 112. The van der Waals surface area contributed by atoms with Gasteiger partial charge in [-0.2, -0.15) is 0 Å². The highest BCUT2D eigenvalue weighted by Crippen LogP contribution is 2.26. The van der Waals surface area contributed by atoms with Gasteiger partial charge in [0.1, 0.15) is 5.44 Å². The maximum atomic E-state index is 10.1. The summed E-state index contributed by atoms with van der Waals surface area (Å²) in [6, 6.07) is 0. The van der Waals surface area contributed by atoms with E-state index in [0.717, 1.165) is 18.6 Å². The van der Waals surface area contributed by atoms with Gasteiger partial charge in [0.25, 0.3) is 0 Å². The van der Waals surface area contributed by atoms with Gasteiger partial charge in [-0.15, -0.1) is 11.8 Å². The van der Waals surface area contributed by atoms with Crippen LogP contribution in [0, 0.1) is 0 Å². The second-order valence-corrected chi connectivity index (χ2v) is 3.15. The molecule has 0 bridgehead atoms. The van der Waals surface area contributed by atoms with Crippen LogP contribution in [0.5, 0.6) is 0 Å². The molecule has 1 aliphatic rings. The molecule has 1 heterocycles. The molecule has 0 radical (unpaired) electrons. The number of nitrogens with two attached hydrogens (primary N) is 1. The van der Waals surface area contributed by atoms with Crippen LogP contribution in [0.4, 0.5) is 4.79 Å². The van der Waals surface area contributed by atoms with Crippen LogP contribution >= 0.6 is 11.8 Å². The van der Waals surface area contributed by atoms with Crippen molar-refractivity contribution in [1.82, 2.24) is 0 Å². The van der Waals surface area contributed by atoms with Gasteiger partial charge in [0.15, 0.2) is 0 Å². The third-order valence-electron chi connectivity index (χ3n) is 1.14. The van der Waals surface area contributed by atoms with Crippen molar-refractivity contribution in [3.05, 3.63) is 0 Å². The van der Waals surface area contributed by atoms with Crippen LogP contribution in [-0.2, 0) is 4.74 Å². The second-order valence-electron chi connectivity index (χ2n) is 1.88. The van der Waals surface area contributed by atoms with E-state index < -0.39 is 6.09 Å². The average molecular weight is 147 g/mol. The van der Waals surface area contributed by atoms with Crippen molar-refractivity contribution in [2.45, 2.75) is 18.3 Å². The molecule has 1 saturated heterocycles. The topological polar surface area (TPSA) is 52.3 Å². The molecule has 0 spiro atoms. The Morgan fingerprint density at radius 1 is 1.78 bits per heavy atom. The van der Waals surface area contributed by atoms with Gasteiger partial charge >= 0.3 is 6.09 Å². The zero-order chi connectivity index (χ0) is 6.69. The fraction of sp³-hybridized carbons (Fsp3) is 0.800. The van der Waals surface area contributed by atoms with Crippen molar-refractivity contribution in [3.63, 3.8) is 0 Å². The van der Waals surface area contributed by atoms with Crippen molar-refractivity contribution >= 4 is 17.9 Å². The van der Waals surface area contributed by atoms with Crippen LogP contribution in [0.3, 0.4) is 0 Å². The van der Waals surface area contributed by atoms with Gasteiger partial charge in [0, 0.05) is 0 Å². The van der Waals surface area contributed by atoms with Crippen molar-refractivity contribution in [2.75, 3.05) is 5.75 Å². The number of carbonyl (C=O) groups excluding carboxylic acids is 1. The first kappa shape index (κ1) is 6.74. The molecule has 0 aliphatic carbocycles. The van der Waals surface area contributed by atoms with E-state index in [1.165, 1.54) is 0 Å². The highest BCUT2D eigenvalue weighted by Gasteiger charge is 2.17. The number of hydrogen-bond donors (Lipinski definition) is 1. The Morgan fingerprint density at radius 3 is 3.00 bits per heavy atom. The van der Waals surface area contributed by atoms with Gasteiger partial charge in [0.05, 0.1) is 0 Å². The smallest absolute Gasteiger partial charge is 0.405 e. The highest BCUT2D eigenvalue weighted by atomic mass is 32.2. The van der Waals surface area contributed by atoms with E-state index in [2.05, 4.69) is 0 Å². The van der Waals surface area contributed by atoms with Gasteiger partial charge in [-0.25, -0.2) is 4.79 Å². The summed E-state index contributed by atoms with van der Waals surface area (Å²) in [7, 11) is 0. The lowest BCUT2D eigenvalue weighted by Gasteiger charge is -2.05. The van der Waals surface area contributed by atoms with Gasteiger partial charge in [-0.1, -0.05) is 0 Å². The molecule has 0 aromatic rings. The van der Waals surface area contributed by atoms with Crippen LogP contribution in [0.2, 0.25) is 0 Å². The number of hydrogen-bond acceptors (Lipinski definition) is 3. The van der Waals surface area contributed by atoms with Gasteiger partial charge in [0.2, 0.25) is 0 Å². The monoisotopic (exact) mass is 147 g/mol. The fourth-order valence-corrected chi connectivity index (χ4v) is 1.86. The first-order valence-electron chi connectivity index (χ1n) is 2.87. The first-order chi connectivity index (χ1) is 4.29. The minimum Gasteiger partial charge on any atom is -0.435 e. The Morgan fingerprint density at radius 2 is 2.56 bits per heavy atom. The summed E-state index contributed by atoms with van der Waals surface area (Å²) in [4.78, 5) is 10.1. The zero-order valence-electron chi connectivity index (χ0n) is 5.00.